The molecule has 0 bridgehead atoms. The molecule has 11 heteroatoms. The van der Waals surface area contributed by atoms with Crippen LogP contribution in [0.3, 0.4) is 0 Å². The van der Waals surface area contributed by atoms with E-state index in [1.54, 1.807) is 18.2 Å². The summed E-state index contributed by atoms with van der Waals surface area (Å²) in [5.41, 5.74) is 2.13. The second kappa shape index (κ2) is 10.4. The Bertz CT molecular complexity index is 1490. The highest BCUT2D eigenvalue weighted by Crippen LogP contribution is 2.34. The van der Waals surface area contributed by atoms with Gasteiger partial charge in [-0.25, -0.2) is 14.4 Å². The van der Waals surface area contributed by atoms with Crippen LogP contribution in [0.4, 0.5) is 15.9 Å². The SMILES string of the molecule is CC(=O)NCCn1ccc2ncnc(Nc3ccc(Oc4ccc(F)c(C(=O)NC5CC5)c4)c(Cl)c3)c21. The van der Waals surface area contributed by atoms with E-state index >= 15 is 0 Å². The van der Waals surface area contributed by atoms with Gasteiger partial charge >= 0.3 is 0 Å². The van der Waals surface area contributed by atoms with Crippen molar-refractivity contribution >= 4 is 46.0 Å². The van der Waals surface area contributed by atoms with Gasteiger partial charge in [-0.15, -0.1) is 0 Å². The van der Waals surface area contributed by atoms with Crippen LogP contribution in [0, 0.1) is 5.82 Å². The number of rotatable bonds is 9. The first kappa shape index (κ1) is 24.5. The van der Waals surface area contributed by atoms with Crippen molar-refractivity contribution in [3.63, 3.8) is 0 Å². The highest BCUT2D eigenvalue weighted by molar-refractivity contribution is 6.32. The average molecular weight is 523 g/mol. The maximum atomic E-state index is 14.2. The molecule has 0 radical (unpaired) electrons. The molecule has 0 aliphatic heterocycles. The molecule has 4 aromatic rings. The number of amides is 2. The van der Waals surface area contributed by atoms with Crippen LogP contribution in [-0.4, -0.2) is 38.9 Å². The predicted octanol–water partition coefficient (Wildman–Crippen LogP) is 4.79. The third kappa shape index (κ3) is 5.80. The van der Waals surface area contributed by atoms with Gasteiger partial charge in [-0.3, -0.25) is 9.59 Å². The number of fused-ring (bicyclic) bond motifs is 1. The first-order valence-corrected chi connectivity index (χ1v) is 12.1. The number of aromatic nitrogens is 3. The van der Waals surface area contributed by atoms with Crippen LogP contribution in [0.2, 0.25) is 5.02 Å². The molecule has 2 heterocycles. The number of halogens is 2. The molecular weight excluding hydrogens is 499 g/mol. The summed E-state index contributed by atoms with van der Waals surface area (Å²) in [6.45, 7) is 2.50. The summed E-state index contributed by atoms with van der Waals surface area (Å²) in [6, 6.07) is 11.1. The van der Waals surface area contributed by atoms with Gasteiger partial charge in [-0.2, -0.15) is 0 Å². The zero-order chi connectivity index (χ0) is 25.9. The number of ether oxygens (including phenoxy) is 1. The van der Waals surface area contributed by atoms with Crippen molar-refractivity contribution in [1.82, 2.24) is 25.2 Å². The quantitative estimate of drug-likeness (QED) is 0.291. The number of hydrogen-bond acceptors (Lipinski definition) is 6. The standard InChI is InChI=1S/C26H24ClFN6O3/c1-15(35)29-9-11-34-10-8-22-24(34)25(31-14-30-22)32-17-4-7-23(20(27)12-17)37-18-5-6-21(28)19(13-18)26(36)33-16-2-3-16/h4-8,10,12-14,16H,2-3,9,11H2,1H3,(H,29,35)(H,33,36)(H,30,31,32). The van der Waals surface area contributed by atoms with E-state index in [1.807, 2.05) is 16.8 Å². The number of hydrogen-bond donors (Lipinski definition) is 3. The van der Waals surface area contributed by atoms with Crippen molar-refractivity contribution in [1.29, 1.82) is 0 Å². The van der Waals surface area contributed by atoms with E-state index in [2.05, 4.69) is 25.9 Å². The second-order valence-electron chi connectivity index (χ2n) is 8.71. The van der Waals surface area contributed by atoms with Crippen LogP contribution in [0.25, 0.3) is 11.0 Å². The number of benzene rings is 2. The molecule has 0 atom stereocenters. The second-order valence-corrected chi connectivity index (χ2v) is 9.12. The average Bonchev–Trinajstić information content (AvgIpc) is 3.58. The third-order valence-electron chi connectivity index (χ3n) is 5.79. The number of nitrogens with one attached hydrogen (secondary N) is 3. The summed E-state index contributed by atoms with van der Waals surface area (Å²) in [5, 5.41) is 9.12. The molecule has 1 saturated carbocycles. The van der Waals surface area contributed by atoms with E-state index < -0.39 is 11.7 Å². The maximum Gasteiger partial charge on any atom is 0.254 e. The Labute approximate surface area is 217 Å². The van der Waals surface area contributed by atoms with Gasteiger partial charge in [-0.05, 0) is 55.3 Å². The van der Waals surface area contributed by atoms with Crippen molar-refractivity contribution in [2.45, 2.75) is 32.4 Å². The minimum absolute atomic E-state index is 0.0758. The van der Waals surface area contributed by atoms with Gasteiger partial charge in [0.2, 0.25) is 5.91 Å². The van der Waals surface area contributed by atoms with E-state index in [0.717, 1.165) is 23.9 Å². The van der Waals surface area contributed by atoms with Gasteiger partial charge in [0.1, 0.15) is 29.2 Å². The normalized spacial score (nSPS) is 12.8. The molecule has 2 aromatic carbocycles. The van der Waals surface area contributed by atoms with Gasteiger partial charge in [0, 0.05) is 37.9 Å². The zero-order valence-electron chi connectivity index (χ0n) is 19.9. The van der Waals surface area contributed by atoms with Crippen molar-refractivity contribution in [2.75, 3.05) is 11.9 Å². The van der Waals surface area contributed by atoms with Crippen LogP contribution < -0.4 is 20.7 Å². The molecule has 9 nitrogen and oxygen atoms in total. The number of carbonyl (C=O) groups is 2. The van der Waals surface area contributed by atoms with Gasteiger partial charge < -0.3 is 25.3 Å². The van der Waals surface area contributed by atoms with Crippen molar-refractivity contribution in [3.8, 4) is 11.5 Å². The zero-order valence-corrected chi connectivity index (χ0v) is 20.7. The smallest absolute Gasteiger partial charge is 0.254 e. The maximum absolute atomic E-state index is 14.2. The summed E-state index contributed by atoms with van der Waals surface area (Å²) < 4.78 is 22.0. The Hall–Kier alpha value is -4.18. The molecule has 190 valence electrons. The topological polar surface area (TPSA) is 110 Å². The van der Waals surface area contributed by atoms with Crippen molar-refractivity contribution < 1.29 is 18.7 Å². The Morgan fingerprint density at radius 2 is 2.00 bits per heavy atom. The molecule has 3 N–H and O–H groups in total. The number of anilines is 2. The fourth-order valence-corrected chi connectivity index (χ4v) is 4.04. The summed E-state index contributed by atoms with van der Waals surface area (Å²) in [6.07, 6.45) is 5.16. The van der Waals surface area contributed by atoms with Crippen LogP contribution in [0.5, 0.6) is 11.5 Å². The molecule has 0 spiro atoms. The third-order valence-corrected chi connectivity index (χ3v) is 6.09. The molecule has 1 fully saturated rings. The Balaban J connectivity index is 1.32. The monoisotopic (exact) mass is 522 g/mol. The largest absolute Gasteiger partial charge is 0.456 e. The predicted molar refractivity (Wildman–Crippen MR) is 138 cm³/mol. The van der Waals surface area contributed by atoms with Crippen molar-refractivity contribution in [3.05, 3.63) is 71.4 Å². The minimum atomic E-state index is -0.617. The molecule has 37 heavy (non-hydrogen) atoms. The lowest BCUT2D eigenvalue weighted by atomic mass is 10.2. The van der Waals surface area contributed by atoms with Crippen molar-refractivity contribution in [2.24, 2.45) is 0 Å². The fourth-order valence-electron chi connectivity index (χ4n) is 3.82. The van der Waals surface area contributed by atoms with E-state index in [9.17, 15) is 14.0 Å². The van der Waals surface area contributed by atoms with Crippen LogP contribution in [-0.2, 0) is 11.3 Å². The molecule has 1 aliphatic carbocycles. The van der Waals surface area contributed by atoms with Gasteiger partial charge in [0.05, 0.1) is 16.1 Å². The number of nitrogens with zero attached hydrogens (tertiary/aromatic N) is 3. The van der Waals surface area contributed by atoms with Crippen LogP contribution >= 0.6 is 11.6 Å². The Morgan fingerprint density at radius 1 is 1.16 bits per heavy atom. The Morgan fingerprint density at radius 3 is 2.76 bits per heavy atom. The molecule has 1 aliphatic rings. The molecule has 2 amide bonds. The minimum Gasteiger partial charge on any atom is -0.456 e. The first-order chi connectivity index (χ1) is 17.9. The molecule has 2 aromatic heterocycles. The fraction of sp³-hybridized carbons (Fsp3) is 0.231. The molecule has 5 rings (SSSR count). The lowest BCUT2D eigenvalue weighted by Gasteiger charge is -2.13. The molecule has 0 saturated heterocycles. The molecule has 0 unspecified atom stereocenters. The highest BCUT2D eigenvalue weighted by atomic mass is 35.5. The van der Waals surface area contributed by atoms with E-state index in [-0.39, 0.29) is 17.5 Å². The van der Waals surface area contributed by atoms with E-state index in [4.69, 9.17) is 16.3 Å². The summed E-state index contributed by atoms with van der Waals surface area (Å²) in [5.74, 6) is 0.0374. The van der Waals surface area contributed by atoms with Gasteiger partial charge in [-0.1, -0.05) is 11.6 Å². The highest BCUT2D eigenvalue weighted by Gasteiger charge is 2.25. The summed E-state index contributed by atoms with van der Waals surface area (Å²) >= 11 is 6.49. The summed E-state index contributed by atoms with van der Waals surface area (Å²) in [4.78, 5) is 32.2. The van der Waals surface area contributed by atoms with Crippen LogP contribution in [0.1, 0.15) is 30.1 Å². The molecular formula is C26H24ClFN6O3. The van der Waals surface area contributed by atoms with Gasteiger partial charge in [0.15, 0.2) is 5.82 Å². The summed E-state index contributed by atoms with van der Waals surface area (Å²) in [7, 11) is 0. The lowest BCUT2D eigenvalue weighted by Crippen LogP contribution is -2.26. The van der Waals surface area contributed by atoms with E-state index in [0.29, 0.717) is 41.1 Å². The lowest BCUT2D eigenvalue weighted by molar-refractivity contribution is -0.118. The van der Waals surface area contributed by atoms with Crippen LogP contribution in [0.15, 0.2) is 55.0 Å². The number of carbonyl (C=O) groups excluding carboxylic acids is 2. The Kier molecular flexibility index (Phi) is 6.91. The first-order valence-electron chi connectivity index (χ1n) is 11.8. The van der Waals surface area contributed by atoms with Gasteiger partial charge in [0.25, 0.3) is 5.91 Å². The van der Waals surface area contributed by atoms with E-state index in [1.165, 1.54) is 31.5 Å².